The van der Waals surface area contributed by atoms with Gasteiger partial charge >= 0.3 is 0 Å². The van der Waals surface area contributed by atoms with Crippen LogP contribution in [0.3, 0.4) is 0 Å². The Labute approximate surface area is 119 Å². The Hall–Kier alpha value is -1.75. The molecule has 0 bridgehead atoms. The largest absolute Gasteiger partial charge is 0.490 e. The van der Waals surface area contributed by atoms with Crippen LogP contribution in [0.25, 0.3) is 0 Å². The molecular formula is C15H21NO4. The Balaban J connectivity index is 2.08. The first-order valence-corrected chi connectivity index (χ1v) is 6.84. The predicted molar refractivity (Wildman–Crippen MR) is 75.1 cm³/mol. The first-order chi connectivity index (χ1) is 9.61. The van der Waals surface area contributed by atoms with E-state index in [4.69, 9.17) is 14.2 Å². The highest BCUT2D eigenvalue weighted by atomic mass is 16.5. The molecule has 1 amide bonds. The van der Waals surface area contributed by atoms with Crippen LogP contribution < -0.4 is 14.8 Å². The summed E-state index contributed by atoms with van der Waals surface area (Å²) in [6.07, 6.45) is 0.416. The van der Waals surface area contributed by atoms with Gasteiger partial charge in [-0.3, -0.25) is 4.79 Å². The minimum atomic E-state index is -0.460. The standard InChI is InChI=1S/C15H21NO4/c1-10(16-15(17)11(2)18-3)12-5-6-13-14(9-12)20-8-4-7-19-13/h5-6,9-11H,4,7-8H2,1-3H3,(H,16,17)/t10-,11-/m0/s1. The van der Waals surface area contributed by atoms with E-state index < -0.39 is 6.10 Å². The van der Waals surface area contributed by atoms with Crippen molar-refractivity contribution in [1.29, 1.82) is 0 Å². The molecule has 2 atom stereocenters. The normalized spacial score (nSPS) is 16.9. The van der Waals surface area contributed by atoms with Gasteiger partial charge in [0.05, 0.1) is 19.3 Å². The maximum atomic E-state index is 11.8. The van der Waals surface area contributed by atoms with Gasteiger partial charge in [-0.15, -0.1) is 0 Å². The number of nitrogens with one attached hydrogen (secondary N) is 1. The maximum absolute atomic E-state index is 11.8. The average Bonchev–Trinajstić information content (AvgIpc) is 2.70. The van der Waals surface area contributed by atoms with Crippen LogP contribution in [0.2, 0.25) is 0 Å². The molecule has 0 saturated carbocycles. The number of amides is 1. The summed E-state index contributed by atoms with van der Waals surface area (Å²) in [5, 5.41) is 2.91. The number of methoxy groups -OCH3 is 1. The molecule has 1 aromatic carbocycles. The number of hydrogen-bond donors (Lipinski definition) is 1. The van der Waals surface area contributed by atoms with E-state index in [9.17, 15) is 4.79 Å². The molecule has 0 spiro atoms. The zero-order valence-electron chi connectivity index (χ0n) is 12.1. The quantitative estimate of drug-likeness (QED) is 0.916. The van der Waals surface area contributed by atoms with Crippen molar-refractivity contribution in [2.45, 2.75) is 32.4 Å². The molecule has 20 heavy (non-hydrogen) atoms. The van der Waals surface area contributed by atoms with E-state index in [1.807, 2.05) is 25.1 Å². The maximum Gasteiger partial charge on any atom is 0.249 e. The van der Waals surface area contributed by atoms with Crippen LogP contribution in [-0.2, 0) is 9.53 Å². The Morgan fingerprint density at radius 1 is 1.25 bits per heavy atom. The molecule has 0 saturated heterocycles. The molecule has 0 radical (unpaired) electrons. The Morgan fingerprint density at radius 2 is 1.95 bits per heavy atom. The lowest BCUT2D eigenvalue weighted by Crippen LogP contribution is -2.35. The molecule has 2 rings (SSSR count). The van der Waals surface area contributed by atoms with Gasteiger partial charge in [0.15, 0.2) is 11.5 Å². The number of carbonyl (C=O) groups is 1. The summed E-state index contributed by atoms with van der Waals surface area (Å²) in [5.41, 5.74) is 0.978. The molecule has 1 aliphatic heterocycles. The molecule has 0 fully saturated rings. The first kappa shape index (κ1) is 14.7. The van der Waals surface area contributed by atoms with Crippen LogP contribution in [-0.4, -0.2) is 32.3 Å². The van der Waals surface area contributed by atoms with Gasteiger partial charge in [-0.1, -0.05) is 6.07 Å². The zero-order valence-corrected chi connectivity index (χ0v) is 12.1. The van der Waals surface area contributed by atoms with Gasteiger partial charge in [0.25, 0.3) is 0 Å². The lowest BCUT2D eigenvalue weighted by atomic mass is 10.1. The van der Waals surface area contributed by atoms with Gasteiger partial charge in [0.2, 0.25) is 5.91 Å². The molecule has 1 aromatic rings. The topological polar surface area (TPSA) is 56.8 Å². The van der Waals surface area contributed by atoms with Crippen molar-refractivity contribution in [2.75, 3.05) is 20.3 Å². The molecule has 110 valence electrons. The monoisotopic (exact) mass is 279 g/mol. The molecular weight excluding hydrogens is 258 g/mol. The van der Waals surface area contributed by atoms with Crippen molar-refractivity contribution in [1.82, 2.24) is 5.32 Å². The fourth-order valence-corrected chi connectivity index (χ4v) is 1.97. The molecule has 0 aromatic heterocycles. The van der Waals surface area contributed by atoms with Gasteiger partial charge in [0.1, 0.15) is 6.10 Å². The van der Waals surface area contributed by atoms with Gasteiger partial charge in [-0.25, -0.2) is 0 Å². The number of ether oxygens (including phenoxy) is 3. The molecule has 1 heterocycles. The van der Waals surface area contributed by atoms with Crippen LogP contribution in [0.1, 0.15) is 31.9 Å². The van der Waals surface area contributed by atoms with Crippen LogP contribution in [0.4, 0.5) is 0 Å². The van der Waals surface area contributed by atoms with E-state index in [1.54, 1.807) is 6.92 Å². The highest BCUT2D eigenvalue weighted by Gasteiger charge is 2.17. The van der Waals surface area contributed by atoms with E-state index >= 15 is 0 Å². The van der Waals surface area contributed by atoms with Gasteiger partial charge in [0, 0.05) is 13.5 Å². The highest BCUT2D eigenvalue weighted by Crippen LogP contribution is 2.32. The van der Waals surface area contributed by atoms with Crippen molar-refractivity contribution in [3.05, 3.63) is 23.8 Å². The summed E-state index contributed by atoms with van der Waals surface area (Å²) in [4.78, 5) is 11.8. The summed E-state index contributed by atoms with van der Waals surface area (Å²) >= 11 is 0. The molecule has 5 nitrogen and oxygen atoms in total. The van der Waals surface area contributed by atoms with Crippen LogP contribution >= 0.6 is 0 Å². The fraction of sp³-hybridized carbons (Fsp3) is 0.533. The third-order valence-electron chi connectivity index (χ3n) is 3.35. The second-order valence-corrected chi connectivity index (χ2v) is 4.86. The summed E-state index contributed by atoms with van der Waals surface area (Å²) in [6.45, 7) is 4.97. The lowest BCUT2D eigenvalue weighted by molar-refractivity contribution is -0.130. The molecule has 5 heteroatoms. The van der Waals surface area contributed by atoms with Crippen LogP contribution in [0.5, 0.6) is 11.5 Å². The second kappa shape index (κ2) is 6.61. The molecule has 0 unspecified atom stereocenters. The third-order valence-corrected chi connectivity index (χ3v) is 3.35. The lowest BCUT2D eigenvalue weighted by Gasteiger charge is -2.18. The van der Waals surface area contributed by atoms with Gasteiger partial charge < -0.3 is 19.5 Å². The molecule has 1 N–H and O–H groups in total. The van der Waals surface area contributed by atoms with Crippen molar-refractivity contribution < 1.29 is 19.0 Å². The molecule has 1 aliphatic rings. The fourth-order valence-electron chi connectivity index (χ4n) is 1.97. The SMILES string of the molecule is CO[C@@H](C)C(=O)N[C@@H](C)c1ccc2c(c1)OCCCO2. The number of carbonyl (C=O) groups excluding carboxylic acids is 1. The Kier molecular flexibility index (Phi) is 4.84. The Bertz CT molecular complexity index is 475. The van der Waals surface area contributed by atoms with E-state index in [0.29, 0.717) is 13.2 Å². The number of rotatable bonds is 4. The highest BCUT2D eigenvalue weighted by molar-refractivity contribution is 5.80. The van der Waals surface area contributed by atoms with Gasteiger partial charge in [-0.2, -0.15) is 0 Å². The summed E-state index contributed by atoms with van der Waals surface area (Å²) in [7, 11) is 1.52. The van der Waals surface area contributed by atoms with E-state index in [0.717, 1.165) is 23.5 Å². The van der Waals surface area contributed by atoms with Crippen molar-refractivity contribution in [3.63, 3.8) is 0 Å². The molecule has 0 aliphatic carbocycles. The van der Waals surface area contributed by atoms with Crippen LogP contribution in [0, 0.1) is 0 Å². The third kappa shape index (κ3) is 3.42. The summed E-state index contributed by atoms with van der Waals surface area (Å²) in [5.74, 6) is 1.36. The summed E-state index contributed by atoms with van der Waals surface area (Å²) in [6, 6.07) is 5.63. The van der Waals surface area contributed by atoms with Gasteiger partial charge in [-0.05, 0) is 31.5 Å². The van der Waals surface area contributed by atoms with Crippen LogP contribution in [0.15, 0.2) is 18.2 Å². The van der Waals surface area contributed by atoms with E-state index in [1.165, 1.54) is 7.11 Å². The first-order valence-electron chi connectivity index (χ1n) is 6.84. The minimum Gasteiger partial charge on any atom is -0.490 e. The zero-order chi connectivity index (χ0) is 14.5. The number of hydrogen-bond acceptors (Lipinski definition) is 4. The van der Waals surface area contributed by atoms with E-state index in [-0.39, 0.29) is 11.9 Å². The number of fused-ring (bicyclic) bond motifs is 1. The van der Waals surface area contributed by atoms with Crippen molar-refractivity contribution >= 4 is 5.91 Å². The smallest absolute Gasteiger partial charge is 0.249 e. The van der Waals surface area contributed by atoms with E-state index in [2.05, 4.69) is 5.32 Å². The Morgan fingerprint density at radius 3 is 2.65 bits per heavy atom. The predicted octanol–water partition coefficient (Wildman–Crippen LogP) is 2.06. The summed E-state index contributed by atoms with van der Waals surface area (Å²) < 4.78 is 16.2. The second-order valence-electron chi connectivity index (χ2n) is 4.86. The van der Waals surface area contributed by atoms with Crippen molar-refractivity contribution in [2.24, 2.45) is 0 Å². The van der Waals surface area contributed by atoms with Crippen molar-refractivity contribution in [3.8, 4) is 11.5 Å². The minimum absolute atomic E-state index is 0.114. The number of benzene rings is 1. The average molecular weight is 279 g/mol.